The second-order valence-corrected chi connectivity index (χ2v) is 8.14. The Morgan fingerprint density at radius 2 is 1.81 bits per heavy atom. The Morgan fingerprint density at radius 1 is 1.12 bits per heavy atom. The Bertz CT molecular complexity index is 1090. The van der Waals surface area contributed by atoms with Gasteiger partial charge in [0.05, 0.1) is 15.6 Å². The average molecular weight is 476 g/mol. The van der Waals surface area contributed by atoms with Gasteiger partial charge >= 0.3 is 0 Å². The number of thiocarbonyl (C=S) groups is 1. The van der Waals surface area contributed by atoms with Crippen LogP contribution in [-0.2, 0) is 4.79 Å². The molecule has 3 rings (SSSR count). The van der Waals surface area contributed by atoms with E-state index in [1.165, 1.54) is 18.2 Å². The number of hydrogen-bond acceptors (Lipinski definition) is 6. The van der Waals surface area contributed by atoms with Crippen LogP contribution in [0.15, 0.2) is 36.4 Å². The highest BCUT2D eigenvalue weighted by molar-refractivity contribution is 7.80. The van der Waals surface area contributed by atoms with E-state index in [1.54, 1.807) is 30.9 Å². The Morgan fingerprint density at radius 3 is 2.41 bits per heavy atom. The third kappa shape index (κ3) is 5.51. The van der Waals surface area contributed by atoms with Gasteiger partial charge in [-0.15, -0.1) is 0 Å². The smallest absolute Gasteiger partial charge is 0.273 e. The number of hydrogen-bond donors (Lipinski definition) is 2. The predicted molar refractivity (Wildman–Crippen MR) is 127 cm³/mol. The maximum absolute atomic E-state index is 12.4. The highest BCUT2D eigenvalue weighted by atomic mass is 35.5. The van der Waals surface area contributed by atoms with E-state index in [0.29, 0.717) is 42.5 Å². The topological polar surface area (TPSA) is 108 Å². The van der Waals surface area contributed by atoms with Gasteiger partial charge in [-0.25, -0.2) is 0 Å². The fourth-order valence-electron chi connectivity index (χ4n) is 3.39. The van der Waals surface area contributed by atoms with Gasteiger partial charge in [0.15, 0.2) is 5.11 Å². The molecule has 1 saturated heterocycles. The summed E-state index contributed by atoms with van der Waals surface area (Å²) >= 11 is 11.6. The van der Waals surface area contributed by atoms with Crippen molar-refractivity contribution in [1.29, 1.82) is 0 Å². The molecule has 1 aliphatic heterocycles. The van der Waals surface area contributed by atoms with Crippen LogP contribution in [0.1, 0.15) is 22.8 Å². The summed E-state index contributed by atoms with van der Waals surface area (Å²) in [6.07, 6.45) is 0. The van der Waals surface area contributed by atoms with Gasteiger partial charge in [0.25, 0.3) is 11.6 Å². The fourth-order valence-corrected chi connectivity index (χ4v) is 3.90. The molecular formula is C21H22ClN5O4S. The van der Waals surface area contributed by atoms with Crippen LogP contribution in [0.4, 0.5) is 17.1 Å². The summed E-state index contributed by atoms with van der Waals surface area (Å²) in [7, 11) is 0. The zero-order chi connectivity index (χ0) is 23.4. The molecule has 0 saturated carbocycles. The molecule has 0 aliphatic carbocycles. The molecule has 2 aromatic carbocycles. The molecule has 2 amide bonds. The molecule has 168 valence electrons. The summed E-state index contributed by atoms with van der Waals surface area (Å²) < 4.78 is 0. The first-order valence-corrected chi connectivity index (χ1v) is 10.6. The maximum atomic E-state index is 12.4. The molecule has 0 bridgehead atoms. The normalized spacial score (nSPS) is 13.5. The monoisotopic (exact) mass is 475 g/mol. The van der Waals surface area contributed by atoms with E-state index < -0.39 is 10.8 Å². The zero-order valence-electron chi connectivity index (χ0n) is 17.6. The molecule has 0 aromatic heterocycles. The van der Waals surface area contributed by atoms with E-state index in [1.807, 2.05) is 6.07 Å². The van der Waals surface area contributed by atoms with E-state index in [0.717, 1.165) is 5.69 Å². The van der Waals surface area contributed by atoms with Crippen molar-refractivity contribution in [3.63, 3.8) is 0 Å². The molecule has 32 heavy (non-hydrogen) atoms. The average Bonchev–Trinajstić information content (AvgIpc) is 2.74. The number of carbonyl (C=O) groups excluding carboxylic acids is 2. The Labute approximate surface area is 195 Å². The van der Waals surface area contributed by atoms with Crippen molar-refractivity contribution < 1.29 is 14.5 Å². The molecule has 2 N–H and O–H groups in total. The highest BCUT2D eigenvalue weighted by Gasteiger charge is 2.21. The number of aryl methyl sites for hydroxylation is 1. The minimum absolute atomic E-state index is 0.0390. The van der Waals surface area contributed by atoms with Crippen LogP contribution < -0.4 is 15.5 Å². The standard InChI is InChI=1S/C21H22ClN5O4S/c1-13-3-4-15(11-19(13)27(30)31)20(29)24-21(32)23-16-5-6-18(17(22)12-16)26-9-7-25(8-10-26)14(2)28/h3-6,11-12H,7-10H2,1-2H3,(H2,23,24,29,32). The van der Waals surface area contributed by atoms with E-state index in [2.05, 4.69) is 15.5 Å². The molecule has 0 unspecified atom stereocenters. The number of halogens is 1. The van der Waals surface area contributed by atoms with Crippen LogP contribution in [0.5, 0.6) is 0 Å². The summed E-state index contributed by atoms with van der Waals surface area (Å²) in [5.74, 6) is -0.497. The second kappa shape index (κ2) is 9.92. The van der Waals surface area contributed by atoms with Crippen LogP contribution in [0.2, 0.25) is 5.02 Å². The molecule has 0 spiro atoms. The summed E-state index contributed by atoms with van der Waals surface area (Å²) in [6.45, 7) is 5.80. The van der Waals surface area contributed by atoms with Crippen molar-refractivity contribution in [2.24, 2.45) is 0 Å². The van der Waals surface area contributed by atoms with Crippen molar-refractivity contribution in [2.75, 3.05) is 36.4 Å². The minimum Gasteiger partial charge on any atom is -0.367 e. The molecule has 0 radical (unpaired) electrons. The number of nitro benzene ring substituents is 1. The number of carbonyl (C=O) groups is 2. The lowest BCUT2D eigenvalue weighted by Crippen LogP contribution is -2.48. The van der Waals surface area contributed by atoms with E-state index >= 15 is 0 Å². The zero-order valence-corrected chi connectivity index (χ0v) is 19.1. The summed E-state index contributed by atoms with van der Waals surface area (Å²) in [6, 6.07) is 9.56. The number of nitrogens with zero attached hydrogens (tertiary/aromatic N) is 3. The van der Waals surface area contributed by atoms with E-state index in [4.69, 9.17) is 23.8 Å². The first-order chi connectivity index (χ1) is 15.2. The Kier molecular flexibility index (Phi) is 7.26. The molecule has 9 nitrogen and oxygen atoms in total. The molecule has 2 aromatic rings. The van der Waals surface area contributed by atoms with Gasteiger partial charge in [-0.3, -0.25) is 25.0 Å². The predicted octanol–water partition coefficient (Wildman–Crippen LogP) is 3.35. The number of nitrogens with one attached hydrogen (secondary N) is 2. The highest BCUT2D eigenvalue weighted by Crippen LogP contribution is 2.29. The molecule has 0 atom stereocenters. The fraction of sp³-hybridized carbons (Fsp3) is 0.286. The van der Waals surface area contributed by atoms with Crippen molar-refractivity contribution in [2.45, 2.75) is 13.8 Å². The van der Waals surface area contributed by atoms with Crippen LogP contribution in [0.3, 0.4) is 0 Å². The molecule has 11 heteroatoms. The van der Waals surface area contributed by atoms with Gasteiger partial charge in [0.2, 0.25) is 5.91 Å². The van der Waals surface area contributed by atoms with E-state index in [-0.39, 0.29) is 22.3 Å². The van der Waals surface area contributed by atoms with E-state index in [9.17, 15) is 19.7 Å². The van der Waals surface area contributed by atoms with Crippen molar-refractivity contribution in [3.05, 3.63) is 62.7 Å². The lowest BCUT2D eigenvalue weighted by molar-refractivity contribution is -0.385. The van der Waals surface area contributed by atoms with Crippen molar-refractivity contribution >= 4 is 57.8 Å². The second-order valence-electron chi connectivity index (χ2n) is 7.33. The minimum atomic E-state index is -0.559. The van der Waals surface area contributed by atoms with Gasteiger partial charge in [-0.1, -0.05) is 17.7 Å². The number of anilines is 2. The SMILES string of the molecule is CC(=O)N1CCN(c2ccc(NC(=S)NC(=O)c3ccc(C)c([N+](=O)[O-])c3)cc2Cl)CC1. The summed E-state index contributed by atoms with van der Waals surface area (Å²) in [5.41, 5.74) is 1.89. The number of benzene rings is 2. The van der Waals surface area contributed by atoms with Gasteiger partial charge in [-0.2, -0.15) is 0 Å². The molecule has 1 aliphatic rings. The maximum Gasteiger partial charge on any atom is 0.273 e. The first kappa shape index (κ1) is 23.4. The van der Waals surface area contributed by atoms with Crippen molar-refractivity contribution in [1.82, 2.24) is 10.2 Å². The summed E-state index contributed by atoms with van der Waals surface area (Å²) in [4.78, 5) is 38.3. The van der Waals surface area contributed by atoms with Gasteiger partial charge in [0, 0.05) is 56.0 Å². The van der Waals surface area contributed by atoms with Gasteiger partial charge in [0.1, 0.15) is 0 Å². The largest absolute Gasteiger partial charge is 0.367 e. The third-order valence-corrected chi connectivity index (χ3v) is 5.67. The molecular weight excluding hydrogens is 454 g/mol. The Balaban J connectivity index is 1.62. The summed E-state index contributed by atoms with van der Waals surface area (Å²) in [5, 5.41) is 17.0. The molecule has 1 heterocycles. The van der Waals surface area contributed by atoms with Gasteiger partial charge in [-0.05, 0) is 43.4 Å². The van der Waals surface area contributed by atoms with Crippen LogP contribution in [0.25, 0.3) is 0 Å². The quantitative estimate of drug-likeness (QED) is 0.396. The number of amides is 2. The Hall–Kier alpha value is -3.24. The number of piperazine rings is 1. The van der Waals surface area contributed by atoms with Crippen LogP contribution in [0, 0.1) is 17.0 Å². The number of nitro groups is 1. The van der Waals surface area contributed by atoms with Gasteiger partial charge < -0.3 is 15.1 Å². The van der Waals surface area contributed by atoms with Crippen molar-refractivity contribution in [3.8, 4) is 0 Å². The third-order valence-electron chi connectivity index (χ3n) is 5.17. The lowest BCUT2D eigenvalue weighted by atomic mass is 10.1. The lowest BCUT2D eigenvalue weighted by Gasteiger charge is -2.36. The first-order valence-electron chi connectivity index (χ1n) is 9.83. The van der Waals surface area contributed by atoms with Crippen LogP contribution >= 0.6 is 23.8 Å². The van der Waals surface area contributed by atoms with Crippen LogP contribution in [-0.4, -0.2) is 52.9 Å². The molecule has 1 fully saturated rings. The number of rotatable bonds is 4.